The number of hydrogen-bond acceptors (Lipinski definition) is 1. The summed E-state index contributed by atoms with van der Waals surface area (Å²) < 4.78 is 0. The average Bonchev–Trinajstić information content (AvgIpc) is 2.61. The summed E-state index contributed by atoms with van der Waals surface area (Å²) in [5.41, 5.74) is 5.32. The minimum Gasteiger partial charge on any atom is -0.256 e. The molecule has 0 amide bonds. The van der Waals surface area contributed by atoms with Gasteiger partial charge in [-0.3, -0.25) is 4.98 Å². The predicted octanol–water partition coefficient (Wildman–Crippen LogP) is 3.19. The van der Waals surface area contributed by atoms with E-state index < -0.39 is 0 Å². The molecule has 0 aliphatic heterocycles. The standard InChI is InChI=1S/C13H11N/c1-9-4-5-10-6-7-12-11(13(9)10)3-2-8-14-12/h2-4,6-8H,5H2,1H3. The van der Waals surface area contributed by atoms with E-state index in [1.165, 1.54) is 22.1 Å². The summed E-state index contributed by atoms with van der Waals surface area (Å²) in [5.74, 6) is 0. The van der Waals surface area contributed by atoms with Crippen molar-refractivity contribution < 1.29 is 0 Å². The van der Waals surface area contributed by atoms with Gasteiger partial charge in [0.2, 0.25) is 0 Å². The second-order valence-corrected chi connectivity index (χ2v) is 3.76. The summed E-state index contributed by atoms with van der Waals surface area (Å²) in [4.78, 5) is 4.37. The van der Waals surface area contributed by atoms with E-state index >= 15 is 0 Å². The van der Waals surface area contributed by atoms with Gasteiger partial charge in [-0.2, -0.15) is 0 Å². The first kappa shape index (κ1) is 7.74. The molecule has 68 valence electrons. The monoisotopic (exact) mass is 181 g/mol. The van der Waals surface area contributed by atoms with Gasteiger partial charge >= 0.3 is 0 Å². The molecule has 2 aromatic rings. The Balaban J connectivity index is 2.47. The van der Waals surface area contributed by atoms with Crippen LogP contribution in [0.1, 0.15) is 18.1 Å². The number of allylic oxidation sites excluding steroid dienone is 2. The molecule has 0 bridgehead atoms. The third-order valence-corrected chi connectivity index (χ3v) is 2.89. The summed E-state index contributed by atoms with van der Waals surface area (Å²) in [6.45, 7) is 2.18. The van der Waals surface area contributed by atoms with Crippen molar-refractivity contribution in [1.82, 2.24) is 4.98 Å². The number of rotatable bonds is 0. The molecule has 0 saturated heterocycles. The van der Waals surface area contributed by atoms with Gasteiger partial charge in [0.25, 0.3) is 0 Å². The van der Waals surface area contributed by atoms with Crippen molar-refractivity contribution in [2.75, 3.05) is 0 Å². The second-order valence-electron chi connectivity index (χ2n) is 3.76. The third-order valence-electron chi connectivity index (χ3n) is 2.89. The van der Waals surface area contributed by atoms with E-state index in [0.717, 1.165) is 11.9 Å². The maximum Gasteiger partial charge on any atom is 0.0708 e. The van der Waals surface area contributed by atoms with Crippen LogP contribution in [-0.4, -0.2) is 4.98 Å². The average molecular weight is 181 g/mol. The van der Waals surface area contributed by atoms with E-state index in [2.05, 4.69) is 36.2 Å². The molecular weight excluding hydrogens is 170 g/mol. The van der Waals surface area contributed by atoms with Crippen LogP contribution in [0.3, 0.4) is 0 Å². The highest BCUT2D eigenvalue weighted by Gasteiger charge is 2.13. The molecule has 0 unspecified atom stereocenters. The van der Waals surface area contributed by atoms with Gasteiger partial charge in [-0.25, -0.2) is 0 Å². The van der Waals surface area contributed by atoms with Gasteiger partial charge in [0.1, 0.15) is 0 Å². The Morgan fingerprint density at radius 3 is 3.07 bits per heavy atom. The van der Waals surface area contributed by atoms with Gasteiger partial charge in [-0.15, -0.1) is 0 Å². The van der Waals surface area contributed by atoms with Crippen molar-refractivity contribution in [1.29, 1.82) is 0 Å². The zero-order valence-corrected chi connectivity index (χ0v) is 8.12. The first-order valence-electron chi connectivity index (χ1n) is 4.90. The lowest BCUT2D eigenvalue weighted by molar-refractivity contribution is 1.31. The van der Waals surface area contributed by atoms with Crippen LogP contribution in [-0.2, 0) is 6.42 Å². The van der Waals surface area contributed by atoms with Crippen LogP contribution in [0.25, 0.3) is 16.5 Å². The first-order valence-corrected chi connectivity index (χ1v) is 4.90. The minimum absolute atomic E-state index is 1.08. The number of pyridine rings is 1. The van der Waals surface area contributed by atoms with Gasteiger partial charge in [0, 0.05) is 11.6 Å². The number of aromatic nitrogens is 1. The molecule has 0 saturated carbocycles. The molecule has 0 N–H and O–H groups in total. The minimum atomic E-state index is 1.08. The van der Waals surface area contributed by atoms with Crippen molar-refractivity contribution >= 4 is 16.5 Å². The molecular formula is C13H11N. The Morgan fingerprint density at radius 2 is 2.14 bits per heavy atom. The van der Waals surface area contributed by atoms with Gasteiger partial charge in [-0.05, 0) is 42.2 Å². The molecule has 1 nitrogen and oxygen atoms in total. The highest BCUT2D eigenvalue weighted by molar-refractivity contribution is 5.94. The molecule has 0 radical (unpaired) electrons. The SMILES string of the molecule is CC1=CCc2ccc3ncccc3c21. The lowest BCUT2D eigenvalue weighted by Crippen LogP contribution is -1.87. The summed E-state index contributed by atoms with van der Waals surface area (Å²) in [6.07, 6.45) is 5.21. The summed E-state index contributed by atoms with van der Waals surface area (Å²) in [5, 5.41) is 1.29. The number of nitrogens with zero attached hydrogens (tertiary/aromatic N) is 1. The molecule has 0 fully saturated rings. The first-order chi connectivity index (χ1) is 6.86. The molecule has 1 heterocycles. The zero-order valence-electron chi connectivity index (χ0n) is 8.12. The number of fused-ring (bicyclic) bond motifs is 3. The third kappa shape index (κ3) is 0.925. The van der Waals surface area contributed by atoms with E-state index in [0.29, 0.717) is 0 Å². The van der Waals surface area contributed by atoms with Crippen LogP contribution in [0.5, 0.6) is 0 Å². The van der Waals surface area contributed by atoms with Crippen molar-refractivity contribution in [3.8, 4) is 0 Å². The molecule has 14 heavy (non-hydrogen) atoms. The Hall–Kier alpha value is -1.63. The quantitative estimate of drug-likeness (QED) is 0.608. The van der Waals surface area contributed by atoms with Crippen LogP contribution in [0, 0.1) is 0 Å². The fourth-order valence-corrected chi connectivity index (χ4v) is 2.20. The largest absolute Gasteiger partial charge is 0.256 e. The van der Waals surface area contributed by atoms with Crippen LogP contribution in [0.4, 0.5) is 0 Å². The molecule has 1 aliphatic rings. The Kier molecular flexibility index (Phi) is 1.48. The maximum absolute atomic E-state index is 4.37. The van der Waals surface area contributed by atoms with Gasteiger partial charge in [0.15, 0.2) is 0 Å². The molecule has 1 aliphatic carbocycles. The van der Waals surface area contributed by atoms with Gasteiger partial charge < -0.3 is 0 Å². The number of benzene rings is 1. The Morgan fingerprint density at radius 1 is 1.21 bits per heavy atom. The van der Waals surface area contributed by atoms with Crippen molar-refractivity contribution in [3.63, 3.8) is 0 Å². The lowest BCUT2D eigenvalue weighted by atomic mass is 10.0. The summed E-state index contributed by atoms with van der Waals surface area (Å²) in [6, 6.07) is 8.47. The van der Waals surface area contributed by atoms with Crippen LogP contribution >= 0.6 is 0 Å². The van der Waals surface area contributed by atoms with Gasteiger partial charge in [-0.1, -0.05) is 18.2 Å². The molecule has 1 aromatic heterocycles. The molecule has 1 aromatic carbocycles. The second kappa shape index (κ2) is 2.68. The van der Waals surface area contributed by atoms with E-state index in [9.17, 15) is 0 Å². The number of hydrogen-bond donors (Lipinski definition) is 0. The van der Waals surface area contributed by atoms with E-state index in [4.69, 9.17) is 0 Å². The highest BCUT2D eigenvalue weighted by Crippen LogP contribution is 2.32. The van der Waals surface area contributed by atoms with Crippen LogP contribution < -0.4 is 0 Å². The molecule has 0 spiro atoms. The summed E-state index contributed by atoms with van der Waals surface area (Å²) in [7, 11) is 0. The predicted molar refractivity (Wildman–Crippen MR) is 59.1 cm³/mol. The summed E-state index contributed by atoms with van der Waals surface area (Å²) >= 11 is 0. The topological polar surface area (TPSA) is 12.9 Å². The molecule has 3 rings (SSSR count). The van der Waals surface area contributed by atoms with E-state index in [1.54, 1.807) is 0 Å². The lowest BCUT2D eigenvalue weighted by Gasteiger charge is -2.05. The Labute approximate surface area is 83.1 Å². The van der Waals surface area contributed by atoms with Crippen molar-refractivity contribution in [2.24, 2.45) is 0 Å². The van der Waals surface area contributed by atoms with Crippen molar-refractivity contribution in [2.45, 2.75) is 13.3 Å². The van der Waals surface area contributed by atoms with E-state index in [-0.39, 0.29) is 0 Å². The fraction of sp³-hybridized carbons (Fsp3) is 0.154. The highest BCUT2D eigenvalue weighted by atomic mass is 14.6. The maximum atomic E-state index is 4.37. The van der Waals surface area contributed by atoms with Crippen LogP contribution in [0.2, 0.25) is 0 Å². The Bertz CT molecular complexity index is 538. The fourth-order valence-electron chi connectivity index (χ4n) is 2.20. The molecule has 0 atom stereocenters. The van der Waals surface area contributed by atoms with Crippen molar-refractivity contribution in [3.05, 3.63) is 47.7 Å². The van der Waals surface area contributed by atoms with E-state index in [1.807, 2.05) is 12.3 Å². The van der Waals surface area contributed by atoms with Gasteiger partial charge in [0.05, 0.1) is 5.52 Å². The smallest absolute Gasteiger partial charge is 0.0708 e. The molecule has 1 heteroatoms. The van der Waals surface area contributed by atoms with Crippen LogP contribution in [0.15, 0.2) is 36.5 Å². The zero-order chi connectivity index (χ0) is 9.54. The normalized spacial score (nSPS) is 14.2.